The van der Waals surface area contributed by atoms with E-state index in [1.807, 2.05) is 19.9 Å². The number of nitrogens with zero attached hydrogens (tertiary/aromatic N) is 1. The highest BCUT2D eigenvalue weighted by atomic mass is 35.5. The first-order chi connectivity index (χ1) is 15.8. The molecule has 0 saturated carbocycles. The molecule has 4 N–H and O–H groups in total. The van der Waals surface area contributed by atoms with Crippen molar-refractivity contribution < 1.29 is 19.5 Å². The number of hydrogen-bond acceptors (Lipinski definition) is 5. The average molecular weight is 491 g/mol. The van der Waals surface area contributed by atoms with Crippen LogP contribution in [0.1, 0.15) is 59.4 Å². The van der Waals surface area contributed by atoms with Gasteiger partial charge >= 0.3 is 0 Å². The molecule has 0 aliphatic carbocycles. The number of rotatable bonds is 10. The van der Waals surface area contributed by atoms with Gasteiger partial charge in [-0.2, -0.15) is 5.26 Å². The Bertz CT molecular complexity index is 937. The van der Waals surface area contributed by atoms with E-state index in [0.29, 0.717) is 30.0 Å². The topological polar surface area (TPSA) is 131 Å². The van der Waals surface area contributed by atoms with E-state index in [1.165, 1.54) is 0 Å². The molecule has 8 nitrogen and oxygen atoms in total. The highest BCUT2D eigenvalue weighted by molar-refractivity contribution is 6.30. The zero-order valence-electron chi connectivity index (χ0n) is 20.4. The minimum absolute atomic E-state index is 0.0806. The predicted molar refractivity (Wildman–Crippen MR) is 129 cm³/mol. The molecule has 4 atom stereocenters. The Balaban J connectivity index is 2.16. The zero-order valence-corrected chi connectivity index (χ0v) is 21.2. The molecule has 186 valence electrons. The van der Waals surface area contributed by atoms with Crippen LogP contribution >= 0.6 is 11.6 Å². The standard InChI is InChI=1S/C25H35ClN4O4/c1-15(2)12-20(22(32)29-19(14-27)13-16-10-11-28-21(16)31)30-23(33)24(3,4)25(5,34)17-6-8-18(26)9-7-17/h6-9,15-16,19-20,34H,10-13H2,1-5H3,(H,28,31)(H,29,32)(H,30,33)/t16-,19-,20-,25-/m0/s1. The van der Waals surface area contributed by atoms with Crippen molar-refractivity contribution in [3.63, 3.8) is 0 Å². The number of nitrogens with one attached hydrogen (secondary N) is 3. The number of carbonyl (C=O) groups excluding carboxylic acids is 3. The summed E-state index contributed by atoms with van der Waals surface area (Å²) in [7, 11) is 0. The minimum Gasteiger partial charge on any atom is -0.384 e. The molecule has 0 aromatic heterocycles. The highest BCUT2D eigenvalue weighted by Crippen LogP contribution is 2.40. The average Bonchev–Trinajstić information content (AvgIpc) is 3.16. The molecule has 9 heteroatoms. The first kappa shape index (κ1) is 27.6. The van der Waals surface area contributed by atoms with Gasteiger partial charge in [0.15, 0.2) is 0 Å². The van der Waals surface area contributed by atoms with E-state index < -0.39 is 34.9 Å². The van der Waals surface area contributed by atoms with Gasteiger partial charge in [0, 0.05) is 17.5 Å². The number of hydrogen-bond donors (Lipinski definition) is 4. The third-order valence-electron chi connectivity index (χ3n) is 6.68. The molecule has 0 unspecified atom stereocenters. The van der Waals surface area contributed by atoms with Crippen molar-refractivity contribution in [1.82, 2.24) is 16.0 Å². The molecule has 0 bridgehead atoms. The Morgan fingerprint density at radius 3 is 2.35 bits per heavy atom. The van der Waals surface area contributed by atoms with Crippen molar-refractivity contribution in [3.8, 4) is 6.07 Å². The van der Waals surface area contributed by atoms with Crippen LogP contribution in [-0.4, -0.2) is 41.5 Å². The van der Waals surface area contributed by atoms with Gasteiger partial charge in [0.1, 0.15) is 17.7 Å². The molecule has 0 radical (unpaired) electrons. The maximum atomic E-state index is 13.3. The molecule has 1 fully saturated rings. The van der Waals surface area contributed by atoms with Gasteiger partial charge in [-0.05, 0) is 63.6 Å². The summed E-state index contributed by atoms with van der Waals surface area (Å²) in [6, 6.07) is 6.89. The largest absolute Gasteiger partial charge is 0.384 e. The fourth-order valence-electron chi connectivity index (χ4n) is 3.97. The Hall–Kier alpha value is -2.63. The first-order valence-corrected chi connectivity index (χ1v) is 11.9. The van der Waals surface area contributed by atoms with Gasteiger partial charge in [-0.25, -0.2) is 0 Å². The zero-order chi connectivity index (χ0) is 25.7. The highest BCUT2D eigenvalue weighted by Gasteiger charge is 2.47. The van der Waals surface area contributed by atoms with Gasteiger partial charge in [-0.15, -0.1) is 0 Å². The van der Waals surface area contributed by atoms with Crippen LogP contribution in [0.2, 0.25) is 5.02 Å². The van der Waals surface area contributed by atoms with Crippen LogP contribution in [0.3, 0.4) is 0 Å². The van der Waals surface area contributed by atoms with E-state index in [0.717, 1.165) is 0 Å². The normalized spacial score (nSPS) is 19.5. The molecule has 0 spiro atoms. The van der Waals surface area contributed by atoms with Crippen LogP contribution in [0.4, 0.5) is 0 Å². The molecular formula is C25H35ClN4O4. The van der Waals surface area contributed by atoms with Crippen LogP contribution in [0.25, 0.3) is 0 Å². The summed E-state index contributed by atoms with van der Waals surface area (Å²) in [4.78, 5) is 38.3. The summed E-state index contributed by atoms with van der Waals surface area (Å²) >= 11 is 5.96. The second-order valence-electron chi connectivity index (χ2n) is 10.1. The Kier molecular flexibility index (Phi) is 9.09. The number of carbonyl (C=O) groups is 3. The van der Waals surface area contributed by atoms with Gasteiger partial charge in [-0.3, -0.25) is 14.4 Å². The quantitative estimate of drug-likeness (QED) is 0.400. The van der Waals surface area contributed by atoms with Crippen molar-refractivity contribution in [2.45, 2.75) is 71.6 Å². The maximum Gasteiger partial charge on any atom is 0.243 e. The smallest absolute Gasteiger partial charge is 0.243 e. The van der Waals surface area contributed by atoms with Crippen LogP contribution in [0.15, 0.2) is 24.3 Å². The molecule has 1 aromatic rings. The molecule has 34 heavy (non-hydrogen) atoms. The summed E-state index contributed by atoms with van der Waals surface area (Å²) in [6.45, 7) is 9.17. The van der Waals surface area contributed by atoms with Crippen molar-refractivity contribution in [2.75, 3.05) is 6.54 Å². The lowest BCUT2D eigenvalue weighted by atomic mass is 9.71. The number of aliphatic hydroxyl groups is 1. The summed E-state index contributed by atoms with van der Waals surface area (Å²) < 4.78 is 0. The van der Waals surface area contributed by atoms with E-state index >= 15 is 0 Å². The maximum absolute atomic E-state index is 13.3. The predicted octanol–water partition coefficient (Wildman–Crippen LogP) is 2.64. The molecule has 1 aliphatic heterocycles. The first-order valence-electron chi connectivity index (χ1n) is 11.6. The third-order valence-corrected chi connectivity index (χ3v) is 6.93. The molecule has 1 aromatic carbocycles. The van der Waals surface area contributed by atoms with Crippen molar-refractivity contribution in [3.05, 3.63) is 34.9 Å². The molecule has 3 amide bonds. The monoisotopic (exact) mass is 490 g/mol. The lowest BCUT2D eigenvalue weighted by Crippen LogP contribution is -2.56. The Morgan fingerprint density at radius 2 is 1.85 bits per heavy atom. The number of amides is 3. The molecule has 1 aliphatic rings. The minimum atomic E-state index is -1.55. The van der Waals surface area contributed by atoms with Gasteiger partial charge < -0.3 is 21.1 Å². The fraction of sp³-hybridized carbons (Fsp3) is 0.600. The molecular weight excluding hydrogens is 456 g/mol. The molecule has 1 saturated heterocycles. The summed E-state index contributed by atoms with van der Waals surface area (Å²) in [5, 5.41) is 29.5. The number of benzene rings is 1. The van der Waals surface area contributed by atoms with Gasteiger partial charge in [0.05, 0.1) is 11.5 Å². The van der Waals surface area contributed by atoms with Crippen molar-refractivity contribution in [2.24, 2.45) is 17.3 Å². The van der Waals surface area contributed by atoms with Gasteiger partial charge in [0.2, 0.25) is 17.7 Å². The second kappa shape index (κ2) is 11.2. The van der Waals surface area contributed by atoms with Crippen LogP contribution in [0.5, 0.6) is 0 Å². The number of halogens is 1. The van der Waals surface area contributed by atoms with Gasteiger partial charge in [0.25, 0.3) is 0 Å². The molecule has 1 heterocycles. The summed E-state index contributed by atoms with van der Waals surface area (Å²) in [5.74, 6) is -1.35. The fourth-order valence-corrected chi connectivity index (χ4v) is 4.09. The Morgan fingerprint density at radius 1 is 1.24 bits per heavy atom. The van der Waals surface area contributed by atoms with E-state index in [-0.39, 0.29) is 24.2 Å². The van der Waals surface area contributed by atoms with Crippen molar-refractivity contribution in [1.29, 1.82) is 5.26 Å². The number of nitriles is 1. The lowest BCUT2D eigenvalue weighted by Gasteiger charge is -2.40. The van der Waals surface area contributed by atoms with Crippen LogP contribution in [0, 0.1) is 28.6 Å². The van der Waals surface area contributed by atoms with Crippen LogP contribution < -0.4 is 16.0 Å². The van der Waals surface area contributed by atoms with Crippen LogP contribution in [-0.2, 0) is 20.0 Å². The Labute approximate surface area is 206 Å². The molecule has 2 rings (SSSR count). The SMILES string of the molecule is CC(C)C[C@H](NC(=O)C(C)(C)[C@@](C)(O)c1ccc(Cl)cc1)C(=O)N[C@H](C#N)C[C@@H]1CCNC1=O. The van der Waals surface area contributed by atoms with E-state index in [9.17, 15) is 24.8 Å². The third kappa shape index (κ3) is 6.49. The van der Waals surface area contributed by atoms with E-state index in [1.54, 1.807) is 45.0 Å². The lowest BCUT2D eigenvalue weighted by molar-refractivity contribution is -0.148. The van der Waals surface area contributed by atoms with Gasteiger partial charge in [-0.1, -0.05) is 37.6 Å². The van der Waals surface area contributed by atoms with E-state index in [4.69, 9.17) is 11.6 Å². The summed E-state index contributed by atoms with van der Waals surface area (Å²) in [6.07, 6.45) is 1.18. The van der Waals surface area contributed by atoms with Crippen molar-refractivity contribution >= 4 is 29.3 Å². The summed E-state index contributed by atoms with van der Waals surface area (Å²) in [5.41, 5.74) is -2.33. The second-order valence-corrected chi connectivity index (χ2v) is 10.5. The van der Waals surface area contributed by atoms with E-state index in [2.05, 4.69) is 16.0 Å².